The minimum Gasteiger partial charge on any atom is -0.391 e. The highest BCUT2D eigenvalue weighted by molar-refractivity contribution is 5.63. The molecule has 0 aliphatic heterocycles. The first-order valence-corrected chi connectivity index (χ1v) is 5.12. The molecule has 15 heavy (non-hydrogen) atoms. The normalized spacial score (nSPS) is 12.0. The first-order valence-electron chi connectivity index (χ1n) is 5.12. The van der Waals surface area contributed by atoms with E-state index in [4.69, 9.17) is 4.84 Å². The number of benzene rings is 1. The fourth-order valence-electron chi connectivity index (χ4n) is 0.960. The topological polar surface area (TPSA) is 21.6 Å². The third kappa shape index (κ3) is 5.21. The van der Waals surface area contributed by atoms with Gasteiger partial charge in [0.25, 0.3) is 0 Å². The van der Waals surface area contributed by atoms with Gasteiger partial charge in [-0.2, -0.15) is 0 Å². The maximum Gasteiger partial charge on any atom is 0.142 e. The fourth-order valence-corrected chi connectivity index (χ4v) is 0.960. The second kappa shape index (κ2) is 4.96. The van der Waals surface area contributed by atoms with Crippen molar-refractivity contribution in [1.82, 2.24) is 0 Å². The van der Waals surface area contributed by atoms with Crippen LogP contribution in [0.4, 0.5) is 0 Å². The van der Waals surface area contributed by atoms with Crippen LogP contribution in [0.2, 0.25) is 0 Å². The van der Waals surface area contributed by atoms with E-state index in [1.165, 1.54) is 5.56 Å². The van der Waals surface area contributed by atoms with Crippen LogP contribution in [0.3, 0.4) is 0 Å². The van der Waals surface area contributed by atoms with Crippen LogP contribution >= 0.6 is 0 Å². The summed E-state index contributed by atoms with van der Waals surface area (Å²) in [5, 5.41) is 3.81. The lowest BCUT2D eigenvalue weighted by molar-refractivity contribution is 0.129. The largest absolute Gasteiger partial charge is 0.391 e. The van der Waals surface area contributed by atoms with Crippen molar-refractivity contribution in [1.29, 1.82) is 0 Å². The molecule has 2 heteroatoms. The molecule has 0 aliphatic carbocycles. The van der Waals surface area contributed by atoms with Gasteiger partial charge in [0, 0.05) is 5.41 Å². The van der Waals surface area contributed by atoms with Gasteiger partial charge in [-0.1, -0.05) is 55.8 Å². The summed E-state index contributed by atoms with van der Waals surface area (Å²) in [6, 6.07) is 8.22. The van der Waals surface area contributed by atoms with Crippen LogP contribution in [-0.2, 0) is 11.4 Å². The van der Waals surface area contributed by atoms with Crippen LogP contribution in [0.5, 0.6) is 0 Å². The summed E-state index contributed by atoms with van der Waals surface area (Å²) >= 11 is 0. The van der Waals surface area contributed by atoms with Gasteiger partial charge in [0.15, 0.2) is 0 Å². The molecule has 0 fully saturated rings. The summed E-state index contributed by atoms with van der Waals surface area (Å²) in [5.41, 5.74) is 2.33. The van der Waals surface area contributed by atoms with Crippen LogP contribution in [0.1, 0.15) is 31.9 Å². The Morgan fingerprint density at radius 3 is 2.33 bits per heavy atom. The number of nitrogens with zero attached hydrogens (tertiary/aromatic N) is 1. The van der Waals surface area contributed by atoms with Gasteiger partial charge in [0.1, 0.15) is 12.8 Å². The first kappa shape index (κ1) is 11.8. The maximum atomic E-state index is 5.15. The van der Waals surface area contributed by atoms with Gasteiger partial charge >= 0.3 is 0 Å². The minimum absolute atomic E-state index is 0.0483. The van der Waals surface area contributed by atoms with E-state index < -0.39 is 0 Å². The van der Waals surface area contributed by atoms with Gasteiger partial charge in [0.05, 0.1) is 0 Å². The van der Waals surface area contributed by atoms with Crippen molar-refractivity contribution in [3.63, 3.8) is 0 Å². The van der Waals surface area contributed by atoms with Crippen molar-refractivity contribution in [2.45, 2.75) is 34.3 Å². The van der Waals surface area contributed by atoms with Crippen LogP contribution in [0, 0.1) is 12.3 Å². The molecule has 1 radical (unpaired) electrons. The predicted molar refractivity (Wildman–Crippen MR) is 62.9 cm³/mol. The van der Waals surface area contributed by atoms with Crippen LogP contribution < -0.4 is 0 Å². The van der Waals surface area contributed by atoms with Crippen LogP contribution in [-0.4, -0.2) is 6.21 Å². The standard InChI is InChI=1S/C13H18NO/c1-11-5-7-12(8-6-11)9-15-14-10-13(2,3)4/h5-8H,9H2,1-4H3. The summed E-state index contributed by atoms with van der Waals surface area (Å²) in [4.78, 5) is 5.15. The summed E-state index contributed by atoms with van der Waals surface area (Å²) < 4.78 is 0. The summed E-state index contributed by atoms with van der Waals surface area (Å²) in [6.45, 7) is 8.67. The highest BCUT2D eigenvalue weighted by Gasteiger charge is 2.06. The Morgan fingerprint density at radius 2 is 1.80 bits per heavy atom. The highest BCUT2D eigenvalue weighted by atomic mass is 16.6. The van der Waals surface area contributed by atoms with Crippen molar-refractivity contribution < 1.29 is 4.84 Å². The van der Waals surface area contributed by atoms with Gasteiger partial charge < -0.3 is 4.84 Å². The molecule has 0 unspecified atom stereocenters. The zero-order chi connectivity index (χ0) is 11.3. The Balaban J connectivity index is 2.38. The predicted octanol–water partition coefficient (Wildman–Crippen LogP) is 3.42. The molecule has 0 amide bonds. The lowest BCUT2D eigenvalue weighted by Crippen LogP contribution is -2.06. The van der Waals surface area contributed by atoms with Gasteiger partial charge in [0.2, 0.25) is 0 Å². The molecular formula is C13H18NO. The number of hydrogen-bond donors (Lipinski definition) is 0. The SMILES string of the molecule is Cc1ccc(CO/N=[C]\C(C)(C)C)cc1. The van der Waals surface area contributed by atoms with Crippen molar-refractivity contribution in [3.05, 3.63) is 35.4 Å². The molecule has 0 aliphatic rings. The van der Waals surface area contributed by atoms with Crippen molar-refractivity contribution in [2.24, 2.45) is 10.6 Å². The molecule has 0 spiro atoms. The van der Waals surface area contributed by atoms with Gasteiger partial charge in [-0.3, -0.25) is 0 Å². The summed E-state index contributed by atoms with van der Waals surface area (Å²) in [6.07, 6.45) is 2.91. The highest BCUT2D eigenvalue weighted by Crippen LogP contribution is 2.09. The van der Waals surface area contributed by atoms with Gasteiger partial charge in [-0.25, -0.2) is 0 Å². The lowest BCUT2D eigenvalue weighted by atomic mass is 10.00. The zero-order valence-corrected chi connectivity index (χ0v) is 9.87. The second-order valence-electron chi connectivity index (χ2n) is 4.71. The van der Waals surface area contributed by atoms with E-state index in [0.717, 1.165) is 5.56 Å². The van der Waals surface area contributed by atoms with E-state index in [1.807, 2.05) is 32.9 Å². The van der Waals surface area contributed by atoms with E-state index in [-0.39, 0.29) is 5.41 Å². The van der Waals surface area contributed by atoms with Gasteiger partial charge in [-0.15, -0.1) is 0 Å². The van der Waals surface area contributed by atoms with Crippen molar-refractivity contribution >= 4 is 6.21 Å². The van der Waals surface area contributed by atoms with Crippen molar-refractivity contribution in [2.75, 3.05) is 0 Å². The number of hydrogen-bond acceptors (Lipinski definition) is 2. The molecule has 0 bridgehead atoms. The van der Waals surface area contributed by atoms with Gasteiger partial charge in [-0.05, 0) is 12.5 Å². The quantitative estimate of drug-likeness (QED) is 0.546. The Bertz CT molecular complexity index is 319. The Labute approximate surface area is 91.9 Å². The maximum absolute atomic E-state index is 5.15. The molecule has 0 N–H and O–H groups in total. The average Bonchev–Trinajstić information content (AvgIpc) is 2.14. The molecule has 0 saturated carbocycles. The second-order valence-corrected chi connectivity index (χ2v) is 4.71. The smallest absolute Gasteiger partial charge is 0.142 e. The molecular weight excluding hydrogens is 186 g/mol. The monoisotopic (exact) mass is 204 g/mol. The zero-order valence-electron chi connectivity index (χ0n) is 9.87. The van der Waals surface area contributed by atoms with E-state index in [2.05, 4.69) is 30.4 Å². The Kier molecular flexibility index (Phi) is 3.89. The number of aryl methyl sites for hydroxylation is 1. The third-order valence-corrected chi connectivity index (χ3v) is 1.80. The molecule has 1 aromatic carbocycles. The molecule has 2 nitrogen and oxygen atoms in total. The molecule has 1 rings (SSSR count). The van der Waals surface area contributed by atoms with Crippen LogP contribution in [0.15, 0.2) is 29.4 Å². The molecule has 0 aromatic heterocycles. The van der Waals surface area contributed by atoms with Crippen LogP contribution in [0.25, 0.3) is 0 Å². The van der Waals surface area contributed by atoms with E-state index >= 15 is 0 Å². The lowest BCUT2D eigenvalue weighted by Gasteiger charge is -2.08. The van der Waals surface area contributed by atoms with Crippen molar-refractivity contribution in [3.8, 4) is 0 Å². The third-order valence-electron chi connectivity index (χ3n) is 1.80. The summed E-state index contributed by atoms with van der Waals surface area (Å²) in [7, 11) is 0. The molecule has 1 aromatic rings. The van der Waals surface area contributed by atoms with E-state index in [0.29, 0.717) is 6.61 Å². The molecule has 0 saturated heterocycles. The molecule has 0 heterocycles. The van der Waals surface area contributed by atoms with E-state index in [9.17, 15) is 0 Å². The summed E-state index contributed by atoms with van der Waals surface area (Å²) in [5.74, 6) is 0. The average molecular weight is 204 g/mol. The number of rotatable bonds is 3. The molecule has 81 valence electrons. The fraction of sp³-hybridized carbons (Fsp3) is 0.462. The Morgan fingerprint density at radius 1 is 1.20 bits per heavy atom. The molecule has 0 atom stereocenters. The Hall–Kier alpha value is -1.31. The van der Waals surface area contributed by atoms with E-state index in [1.54, 1.807) is 0 Å². The first-order chi connectivity index (χ1) is 6.97. The minimum atomic E-state index is -0.0483.